The van der Waals surface area contributed by atoms with Crippen LogP contribution in [0.15, 0.2) is 6.07 Å². The van der Waals surface area contributed by atoms with Gasteiger partial charge in [-0.2, -0.15) is 0 Å². The largest absolute Gasteiger partial charge is 0.370 e. The maximum Gasteiger partial charge on any atom is 0.217 e. The van der Waals surface area contributed by atoms with Crippen LogP contribution in [0.1, 0.15) is 45.4 Å². The third-order valence-electron chi connectivity index (χ3n) is 2.76. The number of nitrogens with one attached hydrogen (secondary N) is 2. The molecule has 0 atom stereocenters. The summed E-state index contributed by atoms with van der Waals surface area (Å²) < 4.78 is 0. The Morgan fingerprint density at radius 1 is 1.20 bits per heavy atom. The van der Waals surface area contributed by atoms with Crippen LogP contribution in [0.25, 0.3) is 0 Å². The zero-order valence-electron chi connectivity index (χ0n) is 12.4. The molecule has 0 aliphatic heterocycles. The number of rotatable bonds is 10. The van der Waals surface area contributed by atoms with Gasteiger partial charge in [0.1, 0.15) is 17.5 Å². The van der Waals surface area contributed by atoms with Crippen LogP contribution in [-0.2, 0) is 11.2 Å². The third kappa shape index (κ3) is 6.36. The summed E-state index contributed by atoms with van der Waals surface area (Å²) in [7, 11) is 0. The molecule has 0 saturated heterocycles. The number of unbranched alkanes of at least 4 members (excludes halogenated alkanes) is 1. The number of hydrogen-bond acceptors (Lipinski definition) is 5. The van der Waals surface area contributed by atoms with Crippen molar-refractivity contribution in [2.45, 2.75) is 46.0 Å². The standard InChI is InChI=1S/C14H25N5O/c1-3-7-12-18-13(16-4-2)10-14(19-12)17-9-6-5-8-11(15)20/h10H,3-9H2,1-2H3,(H2,15,20)(H2,16,17,18,19). The molecule has 6 nitrogen and oxygen atoms in total. The minimum atomic E-state index is -0.244. The number of amides is 1. The van der Waals surface area contributed by atoms with E-state index in [-0.39, 0.29) is 5.91 Å². The van der Waals surface area contributed by atoms with Gasteiger partial charge in [0, 0.05) is 32.0 Å². The first-order valence-corrected chi connectivity index (χ1v) is 7.29. The molecule has 1 rings (SSSR count). The van der Waals surface area contributed by atoms with E-state index in [4.69, 9.17) is 5.73 Å². The molecule has 0 aromatic carbocycles. The van der Waals surface area contributed by atoms with E-state index in [1.165, 1.54) is 0 Å². The van der Waals surface area contributed by atoms with Crippen molar-refractivity contribution in [2.24, 2.45) is 5.73 Å². The van der Waals surface area contributed by atoms with Crippen LogP contribution in [0.3, 0.4) is 0 Å². The third-order valence-corrected chi connectivity index (χ3v) is 2.76. The van der Waals surface area contributed by atoms with Crippen LogP contribution in [0, 0.1) is 0 Å². The molecule has 1 heterocycles. The number of carbonyl (C=O) groups is 1. The number of nitrogens with zero attached hydrogens (tertiary/aromatic N) is 2. The van der Waals surface area contributed by atoms with E-state index >= 15 is 0 Å². The van der Waals surface area contributed by atoms with E-state index < -0.39 is 0 Å². The molecule has 6 heteroatoms. The fourth-order valence-electron chi connectivity index (χ4n) is 1.84. The molecule has 112 valence electrons. The number of carbonyl (C=O) groups excluding carboxylic acids is 1. The topological polar surface area (TPSA) is 92.9 Å². The average molecular weight is 279 g/mol. The van der Waals surface area contributed by atoms with Crippen LogP contribution >= 0.6 is 0 Å². The molecule has 0 saturated carbocycles. The second-order valence-corrected chi connectivity index (χ2v) is 4.69. The first-order valence-electron chi connectivity index (χ1n) is 7.29. The highest BCUT2D eigenvalue weighted by atomic mass is 16.1. The molecular formula is C14H25N5O. The molecule has 20 heavy (non-hydrogen) atoms. The van der Waals surface area contributed by atoms with Gasteiger partial charge in [0.25, 0.3) is 0 Å². The zero-order valence-corrected chi connectivity index (χ0v) is 12.4. The Labute approximate surface area is 120 Å². The summed E-state index contributed by atoms with van der Waals surface area (Å²) in [6.45, 7) is 5.76. The van der Waals surface area contributed by atoms with Gasteiger partial charge < -0.3 is 16.4 Å². The molecule has 1 aromatic rings. The highest BCUT2D eigenvalue weighted by Gasteiger charge is 2.03. The molecule has 0 aliphatic rings. The van der Waals surface area contributed by atoms with E-state index in [1.54, 1.807) is 0 Å². The van der Waals surface area contributed by atoms with Gasteiger partial charge in [-0.1, -0.05) is 6.92 Å². The molecule has 4 N–H and O–H groups in total. The Balaban J connectivity index is 2.52. The van der Waals surface area contributed by atoms with Crippen molar-refractivity contribution in [1.29, 1.82) is 0 Å². The predicted molar refractivity (Wildman–Crippen MR) is 81.7 cm³/mol. The highest BCUT2D eigenvalue weighted by molar-refractivity contribution is 5.73. The quantitative estimate of drug-likeness (QED) is 0.569. The van der Waals surface area contributed by atoms with E-state index in [0.717, 1.165) is 56.2 Å². The lowest BCUT2D eigenvalue weighted by atomic mass is 10.2. The Morgan fingerprint density at radius 2 is 1.90 bits per heavy atom. The highest BCUT2D eigenvalue weighted by Crippen LogP contribution is 2.12. The second kappa shape index (κ2) is 9.12. The van der Waals surface area contributed by atoms with Crippen LogP contribution in [0.4, 0.5) is 11.6 Å². The van der Waals surface area contributed by atoms with Crippen molar-refractivity contribution in [3.63, 3.8) is 0 Å². The summed E-state index contributed by atoms with van der Waals surface area (Å²) in [5.74, 6) is 2.29. The van der Waals surface area contributed by atoms with Crippen molar-refractivity contribution in [3.8, 4) is 0 Å². The normalized spacial score (nSPS) is 10.3. The molecule has 0 aliphatic carbocycles. The van der Waals surface area contributed by atoms with Crippen LogP contribution in [0.2, 0.25) is 0 Å². The number of nitrogens with two attached hydrogens (primary N) is 1. The van der Waals surface area contributed by atoms with E-state index in [2.05, 4.69) is 27.5 Å². The van der Waals surface area contributed by atoms with Gasteiger partial charge >= 0.3 is 0 Å². The summed E-state index contributed by atoms with van der Waals surface area (Å²) in [5.41, 5.74) is 5.10. The van der Waals surface area contributed by atoms with Gasteiger partial charge in [-0.15, -0.1) is 0 Å². The summed E-state index contributed by atoms with van der Waals surface area (Å²) >= 11 is 0. The van der Waals surface area contributed by atoms with Crippen molar-refractivity contribution in [1.82, 2.24) is 9.97 Å². The van der Waals surface area contributed by atoms with Gasteiger partial charge in [0.2, 0.25) is 5.91 Å². The van der Waals surface area contributed by atoms with Crippen LogP contribution in [0.5, 0.6) is 0 Å². The number of aromatic nitrogens is 2. The molecule has 0 fully saturated rings. The van der Waals surface area contributed by atoms with Crippen molar-refractivity contribution in [2.75, 3.05) is 23.7 Å². The Hall–Kier alpha value is -1.85. The van der Waals surface area contributed by atoms with Crippen molar-refractivity contribution in [3.05, 3.63) is 11.9 Å². The first-order chi connectivity index (χ1) is 9.65. The minimum absolute atomic E-state index is 0.244. The molecule has 0 unspecified atom stereocenters. The SMILES string of the molecule is CCCc1nc(NCC)cc(NCCCCC(N)=O)n1. The van der Waals surface area contributed by atoms with Crippen LogP contribution in [-0.4, -0.2) is 29.0 Å². The summed E-state index contributed by atoms with van der Waals surface area (Å²) in [6.07, 6.45) is 4.03. The summed E-state index contributed by atoms with van der Waals surface area (Å²) in [6, 6.07) is 1.91. The average Bonchev–Trinajstić information content (AvgIpc) is 2.38. The fourth-order valence-corrected chi connectivity index (χ4v) is 1.84. The molecule has 0 radical (unpaired) electrons. The second-order valence-electron chi connectivity index (χ2n) is 4.69. The van der Waals surface area contributed by atoms with Gasteiger partial charge in [0.05, 0.1) is 0 Å². The number of anilines is 2. The maximum absolute atomic E-state index is 10.6. The van der Waals surface area contributed by atoms with Gasteiger partial charge in [-0.25, -0.2) is 9.97 Å². The van der Waals surface area contributed by atoms with Gasteiger partial charge in [-0.05, 0) is 26.2 Å². The molecule has 1 aromatic heterocycles. The van der Waals surface area contributed by atoms with Gasteiger partial charge in [-0.3, -0.25) is 4.79 Å². The maximum atomic E-state index is 10.6. The molecule has 0 spiro atoms. The number of aryl methyl sites for hydroxylation is 1. The molecule has 0 bridgehead atoms. The molecular weight excluding hydrogens is 254 g/mol. The number of primary amides is 1. The summed E-state index contributed by atoms with van der Waals surface area (Å²) in [4.78, 5) is 19.6. The monoisotopic (exact) mass is 279 g/mol. The Morgan fingerprint density at radius 3 is 2.50 bits per heavy atom. The van der Waals surface area contributed by atoms with Gasteiger partial charge in [0.15, 0.2) is 0 Å². The van der Waals surface area contributed by atoms with E-state index in [9.17, 15) is 4.79 Å². The number of hydrogen-bond donors (Lipinski definition) is 3. The summed E-state index contributed by atoms with van der Waals surface area (Å²) in [5, 5.41) is 6.48. The molecule has 1 amide bonds. The lowest BCUT2D eigenvalue weighted by Crippen LogP contribution is -2.12. The first kappa shape index (κ1) is 16.2. The van der Waals surface area contributed by atoms with Crippen molar-refractivity contribution < 1.29 is 4.79 Å². The minimum Gasteiger partial charge on any atom is -0.370 e. The lowest BCUT2D eigenvalue weighted by Gasteiger charge is -2.10. The Kier molecular flexibility index (Phi) is 7.39. The zero-order chi connectivity index (χ0) is 14.8. The Bertz CT molecular complexity index is 398. The van der Waals surface area contributed by atoms with E-state index in [1.807, 2.05) is 13.0 Å². The fraction of sp³-hybridized carbons (Fsp3) is 0.643. The van der Waals surface area contributed by atoms with E-state index in [0.29, 0.717) is 6.42 Å². The predicted octanol–water partition coefficient (Wildman–Crippen LogP) is 1.93. The van der Waals surface area contributed by atoms with Crippen molar-refractivity contribution >= 4 is 17.5 Å². The van der Waals surface area contributed by atoms with Crippen LogP contribution < -0.4 is 16.4 Å². The lowest BCUT2D eigenvalue weighted by molar-refractivity contribution is -0.118. The smallest absolute Gasteiger partial charge is 0.217 e.